The Bertz CT molecular complexity index is 959. The lowest BCUT2D eigenvalue weighted by Crippen LogP contribution is -2.32. The van der Waals surface area contributed by atoms with Gasteiger partial charge >= 0.3 is 0 Å². The van der Waals surface area contributed by atoms with Gasteiger partial charge in [0.05, 0.1) is 6.54 Å². The second-order valence-electron chi connectivity index (χ2n) is 7.06. The molecule has 3 aromatic carbocycles. The first-order chi connectivity index (χ1) is 12.9. The van der Waals surface area contributed by atoms with Crippen molar-refractivity contribution in [2.24, 2.45) is 0 Å². The van der Waals surface area contributed by atoms with Crippen LogP contribution in [-0.4, -0.2) is 6.54 Å². The number of hydrogen-bond acceptors (Lipinski definition) is 2. The molecule has 26 heavy (non-hydrogen) atoms. The van der Waals surface area contributed by atoms with E-state index in [2.05, 4.69) is 94.9 Å². The highest BCUT2D eigenvalue weighted by Crippen LogP contribution is 2.34. The number of para-hydroxylation sites is 1. The van der Waals surface area contributed by atoms with Crippen LogP contribution < -0.4 is 9.80 Å². The van der Waals surface area contributed by atoms with Gasteiger partial charge in [-0.3, -0.25) is 0 Å². The fourth-order valence-electron chi connectivity index (χ4n) is 4.11. The van der Waals surface area contributed by atoms with Gasteiger partial charge in [0, 0.05) is 36.2 Å². The summed E-state index contributed by atoms with van der Waals surface area (Å²) < 4.78 is 0. The number of hydrogen-bond donors (Lipinski definition) is 0. The van der Waals surface area contributed by atoms with Crippen molar-refractivity contribution in [3.8, 4) is 0 Å². The van der Waals surface area contributed by atoms with Gasteiger partial charge in [-0.1, -0.05) is 54.6 Å². The first-order valence-electron chi connectivity index (χ1n) is 9.32. The molecule has 0 unspecified atom stereocenters. The van der Waals surface area contributed by atoms with Crippen LogP contribution in [0.2, 0.25) is 0 Å². The van der Waals surface area contributed by atoms with Crippen molar-refractivity contribution >= 4 is 17.5 Å². The Morgan fingerprint density at radius 3 is 2.38 bits per heavy atom. The van der Waals surface area contributed by atoms with Crippen molar-refractivity contribution in [3.05, 3.63) is 101 Å². The Kier molecular flexibility index (Phi) is 3.75. The van der Waals surface area contributed by atoms with Crippen molar-refractivity contribution in [2.75, 3.05) is 16.3 Å². The quantitative estimate of drug-likeness (QED) is 0.630. The van der Waals surface area contributed by atoms with E-state index < -0.39 is 0 Å². The fourth-order valence-corrected chi connectivity index (χ4v) is 4.11. The van der Waals surface area contributed by atoms with Crippen molar-refractivity contribution < 1.29 is 0 Å². The van der Waals surface area contributed by atoms with Crippen LogP contribution in [0.25, 0.3) is 6.08 Å². The molecule has 0 saturated carbocycles. The Balaban J connectivity index is 1.49. The molecule has 0 radical (unpaired) electrons. The molecule has 2 aliphatic heterocycles. The molecule has 2 nitrogen and oxygen atoms in total. The minimum absolute atomic E-state index is 0.921. The highest BCUT2D eigenvalue weighted by Gasteiger charge is 2.22. The monoisotopic (exact) mass is 338 g/mol. The van der Waals surface area contributed by atoms with Crippen LogP contribution in [0.1, 0.15) is 22.3 Å². The van der Waals surface area contributed by atoms with Gasteiger partial charge in [0.25, 0.3) is 0 Å². The van der Waals surface area contributed by atoms with Crippen LogP contribution in [0, 0.1) is 0 Å². The van der Waals surface area contributed by atoms with E-state index in [1.165, 1.54) is 33.6 Å². The molecule has 0 aromatic heterocycles. The average Bonchev–Trinajstić information content (AvgIpc) is 2.73. The third kappa shape index (κ3) is 2.68. The second kappa shape index (κ2) is 6.38. The molecule has 0 atom stereocenters. The Labute approximate surface area is 155 Å². The van der Waals surface area contributed by atoms with Gasteiger partial charge < -0.3 is 9.80 Å². The largest absolute Gasteiger partial charge is 0.367 e. The third-order valence-electron chi connectivity index (χ3n) is 5.51. The van der Waals surface area contributed by atoms with E-state index in [4.69, 9.17) is 0 Å². The van der Waals surface area contributed by atoms with Crippen LogP contribution in [0.3, 0.4) is 0 Å². The maximum atomic E-state index is 2.55. The molecule has 128 valence electrons. The van der Waals surface area contributed by atoms with Crippen molar-refractivity contribution in [2.45, 2.75) is 19.5 Å². The summed E-state index contributed by atoms with van der Waals surface area (Å²) in [4.78, 5) is 4.88. The zero-order chi connectivity index (χ0) is 17.3. The van der Waals surface area contributed by atoms with E-state index in [1.807, 2.05) is 0 Å². The molecule has 2 aliphatic rings. The summed E-state index contributed by atoms with van der Waals surface area (Å²) in [5, 5.41) is 0. The van der Waals surface area contributed by atoms with Gasteiger partial charge in [0.1, 0.15) is 0 Å². The molecule has 0 spiro atoms. The summed E-state index contributed by atoms with van der Waals surface area (Å²) in [7, 11) is 0. The highest BCUT2D eigenvalue weighted by molar-refractivity contribution is 5.71. The number of nitrogens with zero attached hydrogens (tertiary/aromatic N) is 2. The smallest absolute Gasteiger partial charge is 0.0502 e. The topological polar surface area (TPSA) is 6.48 Å². The standard InChI is InChI=1S/C24H22N2/c1-2-10-22(11-3-1)25-15-14-20-9-6-12-24(23(20)18-25)26-16-13-19-7-4-5-8-21(19)17-26/h1-12,14-15H,13,16-18H2. The number of rotatable bonds is 2. The lowest BCUT2D eigenvalue weighted by Gasteiger charge is -2.35. The summed E-state index contributed by atoms with van der Waals surface area (Å²) in [6.07, 6.45) is 5.57. The van der Waals surface area contributed by atoms with Crippen molar-refractivity contribution in [1.29, 1.82) is 0 Å². The zero-order valence-electron chi connectivity index (χ0n) is 14.8. The maximum absolute atomic E-state index is 2.55. The lowest BCUT2D eigenvalue weighted by atomic mass is 9.96. The summed E-state index contributed by atoms with van der Waals surface area (Å²) in [6.45, 7) is 3.01. The number of fused-ring (bicyclic) bond motifs is 2. The van der Waals surface area contributed by atoms with E-state index in [1.54, 1.807) is 0 Å². The van der Waals surface area contributed by atoms with Crippen LogP contribution in [-0.2, 0) is 19.5 Å². The summed E-state index contributed by atoms with van der Waals surface area (Å²) >= 11 is 0. The van der Waals surface area contributed by atoms with Gasteiger partial charge in [0.2, 0.25) is 0 Å². The van der Waals surface area contributed by atoms with Crippen LogP contribution in [0.4, 0.5) is 11.4 Å². The van der Waals surface area contributed by atoms with Gasteiger partial charge in [-0.25, -0.2) is 0 Å². The Morgan fingerprint density at radius 1 is 0.692 bits per heavy atom. The first kappa shape index (κ1) is 15.3. The summed E-state index contributed by atoms with van der Waals surface area (Å²) in [6, 6.07) is 26.2. The Hall–Kier alpha value is -3.00. The average molecular weight is 338 g/mol. The van der Waals surface area contributed by atoms with Crippen molar-refractivity contribution in [1.82, 2.24) is 0 Å². The fraction of sp³-hybridized carbons (Fsp3) is 0.167. The van der Waals surface area contributed by atoms with Crippen LogP contribution >= 0.6 is 0 Å². The molecule has 0 aliphatic carbocycles. The molecule has 0 fully saturated rings. The van der Waals surface area contributed by atoms with Gasteiger partial charge in [-0.05, 0) is 47.4 Å². The third-order valence-corrected chi connectivity index (χ3v) is 5.51. The molecule has 5 rings (SSSR count). The minimum atomic E-state index is 0.921. The molecule has 2 heterocycles. The lowest BCUT2D eigenvalue weighted by molar-refractivity contribution is 0.725. The Morgan fingerprint density at radius 2 is 1.50 bits per heavy atom. The molecule has 0 N–H and O–H groups in total. The molecule has 3 aromatic rings. The first-order valence-corrected chi connectivity index (χ1v) is 9.32. The van der Waals surface area contributed by atoms with E-state index in [0.717, 1.165) is 26.1 Å². The van der Waals surface area contributed by atoms with Gasteiger partial charge in [-0.15, -0.1) is 0 Å². The molecule has 0 bridgehead atoms. The molecule has 0 amide bonds. The van der Waals surface area contributed by atoms with E-state index in [9.17, 15) is 0 Å². The number of benzene rings is 3. The van der Waals surface area contributed by atoms with Gasteiger partial charge in [-0.2, -0.15) is 0 Å². The summed E-state index contributed by atoms with van der Waals surface area (Å²) in [5.74, 6) is 0. The highest BCUT2D eigenvalue weighted by atomic mass is 15.2. The van der Waals surface area contributed by atoms with Crippen LogP contribution in [0.15, 0.2) is 79.0 Å². The molecular formula is C24H22N2. The maximum Gasteiger partial charge on any atom is 0.0502 e. The molecule has 2 heteroatoms. The van der Waals surface area contributed by atoms with Crippen LogP contribution in [0.5, 0.6) is 0 Å². The zero-order valence-corrected chi connectivity index (χ0v) is 14.8. The van der Waals surface area contributed by atoms with Crippen molar-refractivity contribution in [3.63, 3.8) is 0 Å². The number of anilines is 2. The van der Waals surface area contributed by atoms with E-state index >= 15 is 0 Å². The molecule has 0 saturated heterocycles. The predicted octanol–water partition coefficient (Wildman–Crippen LogP) is 5.24. The minimum Gasteiger partial charge on any atom is -0.367 e. The van der Waals surface area contributed by atoms with E-state index in [0.29, 0.717) is 0 Å². The predicted molar refractivity (Wildman–Crippen MR) is 109 cm³/mol. The summed E-state index contributed by atoms with van der Waals surface area (Å²) in [5.41, 5.74) is 8.35. The normalized spacial score (nSPS) is 15.5. The van der Waals surface area contributed by atoms with E-state index in [-0.39, 0.29) is 0 Å². The van der Waals surface area contributed by atoms with Gasteiger partial charge in [0.15, 0.2) is 0 Å². The second-order valence-corrected chi connectivity index (χ2v) is 7.06. The molecular weight excluding hydrogens is 316 g/mol. The SMILES string of the molecule is C1=CN(c2ccccc2)Cc2c1cccc2N1CCc2ccccc2C1.